The van der Waals surface area contributed by atoms with Gasteiger partial charge in [0.05, 0.1) is 16.8 Å². The molecule has 1 aromatic carbocycles. The van der Waals surface area contributed by atoms with Gasteiger partial charge in [-0.05, 0) is 31.0 Å². The van der Waals surface area contributed by atoms with Crippen LogP contribution in [-0.4, -0.2) is 25.8 Å². The maximum atomic E-state index is 12.2. The Kier molecular flexibility index (Phi) is 4.23. The molecule has 0 unspecified atom stereocenters. The van der Waals surface area contributed by atoms with Crippen molar-refractivity contribution in [2.75, 3.05) is 17.8 Å². The van der Waals surface area contributed by atoms with E-state index in [1.165, 1.54) is 22.5 Å². The lowest BCUT2D eigenvalue weighted by Crippen LogP contribution is -2.39. The van der Waals surface area contributed by atoms with Crippen molar-refractivity contribution in [2.45, 2.75) is 19.3 Å². The third kappa shape index (κ3) is 3.08. The topological polar surface area (TPSA) is 97.0 Å². The molecule has 1 aliphatic rings. The van der Waals surface area contributed by atoms with Gasteiger partial charge in [-0.15, -0.1) is 0 Å². The van der Waals surface area contributed by atoms with Crippen molar-refractivity contribution >= 4 is 15.9 Å². The summed E-state index contributed by atoms with van der Waals surface area (Å²) in [5.41, 5.74) is 0.686. The van der Waals surface area contributed by atoms with Gasteiger partial charge in [-0.3, -0.25) is 4.72 Å². The zero-order valence-corrected chi connectivity index (χ0v) is 11.7. The molecule has 1 aromatic rings. The fourth-order valence-electron chi connectivity index (χ4n) is 2.12. The Hall–Kier alpha value is -2.09. The van der Waals surface area contributed by atoms with Crippen LogP contribution in [0.4, 0.5) is 5.69 Å². The molecule has 0 amide bonds. The molecule has 104 valence electrons. The van der Waals surface area contributed by atoms with Crippen LogP contribution in [0.5, 0.6) is 0 Å². The fourth-order valence-corrected chi connectivity index (χ4v) is 3.41. The smallest absolute Gasteiger partial charge is 0.271 e. The second-order valence-electron chi connectivity index (χ2n) is 4.55. The quantitative estimate of drug-likeness (QED) is 0.913. The van der Waals surface area contributed by atoms with Gasteiger partial charge in [0.1, 0.15) is 12.1 Å². The summed E-state index contributed by atoms with van der Waals surface area (Å²) in [5, 5.41) is 17.8. The van der Waals surface area contributed by atoms with Crippen molar-refractivity contribution in [1.29, 1.82) is 10.5 Å². The van der Waals surface area contributed by atoms with Gasteiger partial charge in [0.25, 0.3) is 0 Å². The first kappa shape index (κ1) is 14.3. The van der Waals surface area contributed by atoms with Gasteiger partial charge in [0, 0.05) is 13.1 Å². The highest BCUT2D eigenvalue weighted by molar-refractivity contribution is 7.90. The number of nitrogens with one attached hydrogen (secondary N) is 1. The summed E-state index contributed by atoms with van der Waals surface area (Å²) in [6.07, 6.45) is 2.76. The Labute approximate surface area is 118 Å². The fraction of sp³-hybridized carbons (Fsp3) is 0.385. The minimum absolute atomic E-state index is 0.159. The van der Waals surface area contributed by atoms with Gasteiger partial charge in [0.2, 0.25) is 0 Å². The van der Waals surface area contributed by atoms with E-state index in [1.807, 2.05) is 12.1 Å². The molecule has 0 atom stereocenters. The summed E-state index contributed by atoms with van der Waals surface area (Å²) in [7, 11) is -3.59. The standard InChI is InChI=1S/C13H14N4O2S/c14-9-11-4-5-13(8-12(11)10-15)16-20(18,19)17-6-2-1-3-7-17/h4-5,8,16H,1-3,6-7H2. The zero-order chi connectivity index (χ0) is 14.6. The average Bonchev–Trinajstić information content (AvgIpc) is 2.47. The predicted octanol–water partition coefficient (Wildman–Crippen LogP) is 1.57. The van der Waals surface area contributed by atoms with Gasteiger partial charge in [-0.1, -0.05) is 6.42 Å². The number of benzene rings is 1. The van der Waals surface area contributed by atoms with Crippen molar-refractivity contribution < 1.29 is 8.42 Å². The molecule has 1 aliphatic heterocycles. The number of piperidine rings is 1. The molecule has 0 aromatic heterocycles. The molecule has 1 fully saturated rings. The van der Waals surface area contributed by atoms with E-state index in [2.05, 4.69) is 4.72 Å². The van der Waals surface area contributed by atoms with Crippen LogP contribution >= 0.6 is 0 Å². The van der Waals surface area contributed by atoms with Crippen molar-refractivity contribution in [3.63, 3.8) is 0 Å². The van der Waals surface area contributed by atoms with Crippen LogP contribution in [0.2, 0.25) is 0 Å². The van der Waals surface area contributed by atoms with Crippen molar-refractivity contribution in [3.8, 4) is 12.1 Å². The average molecular weight is 290 g/mol. The van der Waals surface area contributed by atoms with Crippen LogP contribution in [0.25, 0.3) is 0 Å². The van der Waals surface area contributed by atoms with Crippen LogP contribution in [0.1, 0.15) is 30.4 Å². The van der Waals surface area contributed by atoms with Gasteiger partial charge in [-0.25, -0.2) is 0 Å². The summed E-state index contributed by atoms with van der Waals surface area (Å²) >= 11 is 0. The van der Waals surface area contributed by atoms with Crippen LogP contribution < -0.4 is 4.72 Å². The molecule has 0 saturated carbocycles. The van der Waals surface area contributed by atoms with Crippen molar-refractivity contribution in [3.05, 3.63) is 29.3 Å². The van der Waals surface area contributed by atoms with E-state index in [0.29, 0.717) is 18.8 Å². The maximum Gasteiger partial charge on any atom is 0.301 e. The lowest BCUT2D eigenvalue weighted by molar-refractivity contribution is 0.349. The Balaban J connectivity index is 2.21. The molecule has 0 radical (unpaired) electrons. The monoisotopic (exact) mass is 290 g/mol. The molecular formula is C13H14N4O2S. The van der Waals surface area contributed by atoms with Gasteiger partial charge >= 0.3 is 10.2 Å². The molecule has 1 N–H and O–H groups in total. The summed E-state index contributed by atoms with van der Waals surface area (Å²) in [4.78, 5) is 0. The second kappa shape index (κ2) is 5.91. The molecule has 1 saturated heterocycles. The number of nitriles is 2. The van der Waals surface area contributed by atoms with Crippen LogP contribution in [0.15, 0.2) is 18.2 Å². The third-order valence-electron chi connectivity index (χ3n) is 3.16. The van der Waals surface area contributed by atoms with Gasteiger partial charge in [0.15, 0.2) is 0 Å². The molecule has 2 rings (SSSR count). The number of hydrogen-bond donors (Lipinski definition) is 1. The number of rotatable bonds is 3. The first-order valence-electron chi connectivity index (χ1n) is 6.29. The van der Waals surface area contributed by atoms with E-state index in [1.54, 1.807) is 0 Å². The van der Waals surface area contributed by atoms with Crippen LogP contribution in [0, 0.1) is 22.7 Å². The Morgan fingerprint density at radius 2 is 1.70 bits per heavy atom. The highest BCUT2D eigenvalue weighted by Gasteiger charge is 2.23. The number of nitrogens with zero attached hydrogens (tertiary/aromatic N) is 3. The molecule has 0 spiro atoms. The molecule has 0 bridgehead atoms. The van der Waals surface area contributed by atoms with Gasteiger partial charge in [-0.2, -0.15) is 23.2 Å². The zero-order valence-electron chi connectivity index (χ0n) is 10.8. The van der Waals surface area contributed by atoms with Gasteiger partial charge < -0.3 is 0 Å². The van der Waals surface area contributed by atoms with E-state index in [0.717, 1.165) is 19.3 Å². The second-order valence-corrected chi connectivity index (χ2v) is 6.22. The molecule has 1 heterocycles. The van der Waals surface area contributed by atoms with E-state index in [-0.39, 0.29) is 11.1 Å². The third-order valence-corrected chi connectivity index (χ3v) is 4.70. The number of hydrogen-bond acceptors (Lipinski definition) is 4. The summed E-state index contributed by atoms with van der Waals surface area (Å²) < 4.78 is 28.2. The summed E-state index contributed by atoms with van der Waals surface area (Å²) in [6, 6.07) is 8.07. The van der Waals surface area contributed by atoms with E-state index < -0.39 is 10.2 Å². The lowest BCUT2D eigenvalue weighted by Gasteiger charge is -2.26. The Morgan fingerprint density at radius 1 is 1.05 bits per heavy atom. The summed E-state index contributed by atoms with van der Waals surface area (Å²) in [6.45, 7) is 1.02. The largest absolute Gasteiger partial charge is 0.301 e. The molecule has 0 aliphatic carbocycles. The van der Waals surface area contributed by atoms with E-state index in [9.17, 15) is 8.42 Å². The number of anilines is 1. The normalized spacial score (nSPS) is 16.1. The van der Waals surface area contributed by atoms with E-state index in [4.69, 9.17) is 10.5 Å². The first-order valence-corrected chi connectivity index (χ1v) is 7.73. The minimum Gasteiger partial charge on any atom is -0.271 e. The predicted molar refractivity (Wildman–Crippen MR) is 73.8 cm³/mol. The lowest BCUT2D eigenvalue weighted by atomic mass is 10.1. The van der Waals surface area contributed by atoms with E-state index >= 15 is 0 Å². The van der Waals surface area contributed by atoms with Crippen molar-refractivity contribution in [2.24, 2.45) is 0 Å². The maximum absolute atomic E-state index is 12.2. The van der Waals surface area contributed by atoms with Crippen molar-refractivity contribution in [1.82, 2.24) is 4.31 Å². The molecule has 20 heavy (non-hydrogen) atoms. The SMILES string of the molecule is N#Cc1ccc(NS(=O)(=O)N2CCCCC2)cc1C#N. The molecule has 6 nitrogen and oxygen atoms in total. The Bertz CT molecular complexity index is 679. The Morgan fingerprint density at radius 3 is 2.30 bits per heavy atom. The van der Waals surface area contributed by atoms with Crippen LogP contribution in [0.3, 0.4) is 0 Å². The minimum atomic E-state index is -3.59. The van der Waals surface area contributed by atoms with Crippen LogP contribution in [-0.2, 0) is 10.2 Å². The highest BCUT2D eigenvalue weighted by atomic mass is 32.2. The summed E-state index contributed by atoms with van der Waals surface area (Å²) in [5.74, 6) is 0. The highest BCUT2D eigenvalue weighted by Crippen LogP contribution is 2.19. The first-order chi connectivity index (χ1) is 9.56. The molecular weight excluding hydrogens is 276 g/mol. The molecule has 7 heteroatoms.